The maximum atomic E-state index is 6.21. The van der Waals surface area contributed by atoms with Crippen LogP contribution in [-0.4, -0.2) is 16.5 Å². The Kier molecular flexibility index (Phi) is 5.02. The maximum absolute atomic E-state index is 6.21. The molecule has 1 aromatic heterocycles. The average molecular weight is 306 g/mol. The van der Waals surface area contributed by atoms with E-state index in [9.17, 15) is 0 Å². The third-order valence-electron chi connectivity index (χ3n) is 3.05. The van der Waals surface area contributed by atoms with Gasteiger partial charge >= 0.3 is 0 Å². The van der Waals surface area contributed by atoms with Crippen LogP contribution in [0.2, 0.25) is 5.02 Å². The summed E-state index contributed by atoms with van der Waals surface area (Å²) in [5, 5.41) is 3.87. The molecule has 1 aromatic carbocycles. The third kappa shape index (κ3) is 3.85. The predicted octanol–water partition coefficient (Wildman–Crippen LogP) is 4.67. The molecule has 0 fully saturated rings. The molecule has 0 spiro atoms. The summed E-state index contributed by atoms with van der Waals surface area (Å²) < 4.78 is 5.87. The van der Waals surface area contributed by atoms with E-state index in [4.69, 9.17) is 16.3 Å². The molecule has 0 amide bonds. The highest BCUT2D eigenvalue weighted by molar-refractivity contribution is 6.32. The van der Waals surface area contributed by atoms with Crippen molar-refractivity contribution in [2.24, 2.45) is 0 Å². The molecule has 0 radical (unpaired) electrons. The van der Waals surface area contributed by atoms with Crippen LogP contribution in [0.5, 0.6) is 11.6 Å². The highest BCUT2D eigenvalue weighted by Gasteiger charge is 2.12. The van der Waals surface area contributed by atoms with Gasteiger partial charge in [0.2, 0.25) is 5.88 Å². The maximum Gasteiger partial charge on any atom is 0.227 e. The Morgan fingerprint density at radius 1 is 1.19 bits per heavy atom. The second kappa shape index (κ2) is 6.76. The molecule has 0 aliphatic heterocycles. The molecule has 1 heterocycles. The largest absolute Gasteiger partial charge is 0.437 e. The van der Waals surface area contributed by atoms with Gasteiger partial charge in [0.25, 0.3) is 0 Å². The van der Waals surface area contributed by atoms with Crippen molar-refractivity contribution in [3.63, 3.8) is 0 Å². The van der Waals surface area contributed by atoms with Crippen molar-refractivity contribution in [1.82, 2.24) is 9.97 Å². The number of aryl methyl sites for hydroxylation is 2. The van der Waals surface area contributed by atoms with Gasteiger partial charge in [-0.25, -0.2) is 4.98 Å². The summed E-state index contributed by atoms with van der Waals surface area (Å²) in [6.07, 6.45) is 1.03. The Morgan fingerprint density at radius 3 is 2.62 bits per heavy atom. The van der Waals surface area contributed by atoms with E-state index in [0.717, 1.165) is 29.9 Å². The van der Waals surface area contributed by atoms with Crippen LogP contribution >= 0.6 is 11.6 Å². The van der Waals surface area contributed by atoms with E-state index < -0.39 is 0 Å². The first-order chi connectivity index (χ1) is 10.0. The van der Waals surface area contributed by atoms with Crippen LogP contribution in [0.3, 0.4) is 0 Å². The lowest BCUT2D eigenvalue weighted by molar-refractivity contribution is 0.456. The lowest BCUT2D eigenvalue weighted by Crippen LogP contribution is -2.07. The van der Waals surface area contributed by atoms with E-state index in [0.29, 0.717) is 22.5 Å². The molecule has 0 saturated carbocycles. The standard InChI is InChI=1S/C16H20ClN3O/c1-5-8-18-15-11(3)16(20-12(4)19-15)21-14-7-6-10(2)9-13(14)17/h6-7,9H,5,8H2,1-4H3,(H,18,19,20). The summed E-state index contributed by atoms with van der Waals surface area (Å²) in [6.45, 7) is 8.75. The monoisotopic (exact) mass is 305 g/mol. The van der Waals surface area contributed by atoms with E-state index in [1.165, 1.54) is 0 Å². The fourth-order valence-corrected chi connectivity index (χ4v) is 2.18. The van der Waals surface area contributed by atoms with Crippen LogP contribution in [0.15, 0.2) is 18.2 Å². The van der Waals surface area contributed by atoms with Gasteiger partial charge in [0.05, 0.1) is 10.6 Å². The topological polar surface area (TPSA) is 47.0 Å². The van der Waals surface area contributed by atoms with Gasteiger partial charge in [0.15, 0.2) is 0 Å². The molecule has 112 valence electrons. The summed E-state index contributed by atoms with van der Waals surface area (Å²) in [4.78, 5) is 8.78. The first kappa shape index (κ1) is 15.6. The Balaban J connectivity index is 2.32. The van der Waals surface area contributed by atoms with E-state index in [-0.39, 0.29) is 0 Å². The molecular weight excluding hydrogens is 286 g/mol. The number of nitrogens with zero attached hydrogens (tertiary/aromatic N) is 2. The Bertz CT molecular complexity index is 644. The molecular formula is C16H20ClN3O. The van der Waals surface area contributed by atoms with E-state index in [1.54, 1.807) is 0 Å². The molecule has 0 bridgehead atoms. The molecule has 1 N–H and O–H groups in total. The quantitative estimate of drug-likeness (QED) is 0.872. The summed E-state index contributed by atoms with van der Waals surface area (Å²) in [7, 11) is 0. The van der Waals surface area contributed by atoms with Gasteiger partial charge in [-0.15, -0.1) is 0 Å². The Hall–Kier alpha value is -1.81. The number of nitrogens with one attached hydrogen (secondary N) is 1. The van der Waals surface area contributed by atoms with Crippen LogP contribution in [0.4, 0.5) is 5.82 Å². The van der Waals surface area contributed by atoms with Crippen LogP contribution < -0.4 is 10.1 Å². The van der Waals surface area contributed by atoms with Gasteiger partial charge in [-0.3, -0.25) is 0 Å². The second-order valence-electron chi connectivity index (χ2n) is 5.01. The molecule has 0 saturated heterocycles. The molecule has 2 rings (SSSR count). The number of aromatic nitrogens is 2. The van der Waals surface area contributed by atoms with Gasteiger partial charge < -0.3 is 10.1 Å². The Labute approximate surface area is 130 Å². The summed E-state index contributed by atoms with van der Waals surface area (Å²) in [6, 6.07) is 5.69. The summed E-state index contributed by atoms with van der Waals surface area (Å²) in [5.41, 5.74) is 1.97. The van der Waals surface area contributed by atoms with E-state index in [1.807, 2.05) is 39.0 Å². The fourth-order valence-electron chi connectivity index (χ4n) is 1.91. The normalized spacial score (nSPS) is 10.5. The van der Waals surface area contributed by atoms with Crippen molar-refractivity contribution in [1.29, 1.82) is 0 Å². The van der Waals surface area contributed by atoms with Gasteiger partial charge in [-0.05, 0) is 44.9 Å². The first-order valence-electron chi connectivity index (χ1n) is 7.04. The number of benzene rings is 1. The molecule has 4 nitrogen and oxygen atoms in total. The van der Waals surface area contributed by atoms with Gasteiger partial charge in [0.1, 0.15) is 17.4 Å². The molecule has 0 unspecified atom stereocenters. The minimum absolute atomic E-state index is 0.534. The highest BCUT2D eigenvalue weighted by atomic mass is 35.5. The number of rotatable bonds is 5. The lowest BCUT2D eigenvalue weighted by Gasteiger charge is -2.14. The highest BCUT2D eigenvalue weighted by Crippen LogP contribution is 2.32. The predicted molar refractivity (Wildman–Crippen MR) is 86.5 cm³/mol. The van der Waals surface area contributed by atoms with Crippen LogP contribution in [-0.2, 0) is 0 Å². The zero-order chi connectivity index (χ0) is 15.4. The number of ether oxygens (including phenoxy) is 1. The van der Waals surface area contributed by atoms with Crippen molar-refractivity contribution < 1.29 is 4.74 Å². The zero-order valence-corrected chi connectivity index (χ0v) is 13.6. The lowest BCUT2D eigenvalue weighted by atomic mass is 10.2. The van der Waals surface area contributed by atoms with E-state index in [2.05, 4.69) is 22.2 Å². The third-order valence-corrected chi connectivity index (χ3v) is 3.34. The van der Waals surface area contributed by atoms with Crippen molar-refractivity contribution in [2.75, 3.05) is 11.9 Å². The summed E-state index contributed by atoms with van der Waals surface area (Å²) >= 11 is 6.21. The number of halogens is 1. The zero-order valence-electron chi connectivity index (χ0n) is 12.8. The SMILES string of the molecule is CCCNc1nc(C)nc(Oc2ccc(C)cc2Cl)c1C. The second-order valence-corrected chi connectivity index (χ2v) is 5.42. The molecule has 5 heteroatoms. The minimum atomic E-state index is 0.534. The molecule has 2 aromatic rings. The van der Waals surface area contributed by atoms with Crippen LogP contribution in [0.25, 0.3) is 0 Å². The van der Waals surface area contributed by atoms with Crippen molar-refractivity contribution in [2.45, 2.75) is 34.1 Å². The van der Waals surface area contributed by atoms with Crippen LogP contribution in [0, 0.1) is 20.8 Å². The molecule has 0 atom stereocenters. The molecule has 0 aliphatic rings. The Morgan fingerprint density at radius 2 is 1.95 bits per heavy atom. The summed E-state index contributed by atoms with van der Waals surface area (Å²) in [5.74, 6) is 2.61. The van der Waals surface area contributed by atoms with Crippen molar-refractivity contribution in [3.8, 4) is 11.6 Å². The van der Waals surface area contributed by atoms with Crippen molar-refractivity contribution >= 4 is 17.4 Å². The first-order valence-corrected chi connectivity index (χ1v) is 7.42. The fraction of sp³-hybridized carbons (Fsp3) is 0.375. The minimum Gasteiger partial charge on any atom is -0.437 e. The van der Waals surface area contributed by atoms with Gasteiger partial charge in [0, 0.05) is 6.54 Å². The van der Waals surface area contributed by atoms with Gasteiger partial charge in [-0.1, -0.05) is 24.6 Å². The average Bonchev–Trinajstić information content (AvgIpc) is 2.43. The molecule has 0 aliphatic carbocycles. The van der Waals surface area contributed by atoms with Gasteiger partial charge in [-0.2, -0.15) is 4.98 Å². The smallest absolute Gasteiger partial charge is 0.227 e. The number of hydrogen-bond acceptors (Lipinski definition) is 4. The van der Waals surface area contributed by atoms with E-state index >= 15 is 0 Å². The van der Waals surface area contributed by atoms with Crippen LogP contribution in [0.1, 0.15) is 30.3 Å². The van der Waals surface area contributed by atoms with Crippen molar-refractivity contribution in [3.05, 3.63) is 40.2 Å². The number of hydrogen-bond donors (Lipinski definition) is 1. The molecule has 21 heavy (non-hydrogen) atoms. The number of anilines is 1.